The molecule has 0 unspecified atom stereocenters. The summed E-state index contributed by atoms with van der Waals surface area (Å²) in [6, 6.07) is 13.9. The van der Waals surface area contributed by atoms with Gasteiger partial charge in [-0.25, -0.2) is 10.4 Å². The molecule has 0 atom stereocenters. The summed E-state index contributed by atoms with van der Waals surface area (Å²) >= 11 is 17.9. The van der Waals surface area contributed by atoms with Crippen LogP contribution in [-0.4, -0.2) is 23.0 Å². The number of para-hydroxylation sites is 1. The number of amides is 2. The van der Waals surface area contributed by atoms with E-state index in [9.17, 15) is 9.59 Å². The summed E-state index contributed by atoms with van der Waals surface area (Å²) in [6.45, 7) is 0. The molecule has 2 N–H and O–H groups in total. The van der Waals surface area contributed by atoms with Crippen molar-refractivity contribution < 1.29 is 9.59 Å². The molecule has 2 amide bonds. The lowest BCUT2D eigenvalue weighted by molar-refractivity contribution is -0.136. The van der Waals surface area contributed by atoms with Crippen LogP contribution in [0.3, 0.4) is 0 Å². The standard InChI is InChI=1S/C18H11Cl3N4O2/c19-12-5-3-7-14(15(12)20)24-17(26)18(27)25-22-9-11-8-10-4-1-2-6-13(10)23-16(11)21/h1-9H,(H,24,26)(H,25,27)/b22-9+. The molecule has 2 aromatic carbocycles. The second-order valence-electron chi connectivity index (χ2n) is 5.32. The molecule has 3 rings (SSSR count). The predicted octanol–water partition coefficient (Wildman–Crippen LogP) is 4.28. The van der Waals surface area contributed by atoms with Crippen LogP contribution in [0.5, 0.6) is 0 Å². The SMILES string of the molecule is O=C(N/N=C/c1cc2ccccc2nc1Cl)C(=O)Nc1cccc(Cl)c1Cl. The van der Waals surface area contributed by atoms with Gasteiger partial charge in [0.2, 0.25) is 0 Å². The minimum Gasteiger partial charge on any atom is -0.316 e. The second kappa shape index (κ2) is 8.35. The van der Waals surface area contributed by atoms with Crippen LogP contribution in [0.2, 0.25) is 15.2 Å². The maximum absolute atomic E-state index is 11.9. The average molecular weight is 422 g/mol. The molecule has 6 nitrogen and oxygen atoms in total. The molecule has 0 saturated heterocycles. The van der Waals surface area contributed by atoms with Gasteiger partial charge in [0, 0.05) is 10.9 Å². The van der Waals surface area contributed by atoms with Crippen LogP contribution < -0.4 is 10.7 Å². The van der Waals surface area contributed by atoms with Gasteiger partial charge >= 0.3 is 11.8 Å². The molecule has 0 aliphatic heterocycles. The maximum atomic E-state index is 11.9. The highest BCUT2D eigenvalue weighted by Gasteiger charge is 2.15. The number of pyridine rings is 1. The van der Waals surface area contributed by atoms with E-state index in [0.717, 1.165) is 10.9 Å². The minimum atomic E-state index is -0.979. The lowest BCUT2D eigenvalue weighted by atomic mass is 10.2. The van der Waals surface area contributed by atoms with Crippen LogP contribution >= 0.6 is 34.8 Å². The van der Waals surface area contributed by atoms with Crippen molar-refractivity contribution in [3.8, 4) is 0 Å². The third kappa shape index (κ3) is 4.54. The minimum absolute atomic E-state index is 0.137. The van der Waals surface area contributed by atoms with Gasteiger partial charge in [-0.15, -0.1) is 0 Å². The van der Waals surface area contributed by atoms with Crippen molar-refractivity contribution in [2.24, 2.45) is 5.10 Å². The first-order valence-corrected chi connectivity index (χ1v) is 8.73. The van der Waals surface area contributed by atoms with Crippen molar-refractivity contribution in [3.63, 3.8) is 0 Å². The Morgan fingerprint density at radius 2 is 1.78 bits per heavy atom. The normalized spacial score (nSPS) is 10.9. The average Bonchev–Trinajstić information content (AvgIpc) is 2.65. The largest absolute Gasteiger partial charge is 0.329 e. The number of rotatable bonds is 3. The Bertz CT molecular complexity index is 1070. The summed E-state index contributed by atoms with van der Waals surface area (Å²) in [5, 5.41) is 7.58. The number of hydrogen-bond acceptors (Lipinski definition) is 4. The number of aromatic nitrogens is 1. The highest BCUT2D eigenvalue weighted by Crippen LogP contribution is 2.29. The molecular formula is C18H11Cl3N4O2. The van der Waals surface area contributed by atoms with Gasteiger partial charge in [0.25, 0.3) is 0 Å². The third-order valence-electron chi connectivity index (χ3n) is 3.48. The van der Waals surface area contributed by atoms with Gasteiger partial charge in [0.05, 0.1) is 27.5 Å². The van der Waals surface area contributed by atoms with Crippen LogP contribution in [0, 0.1) is 0 Å². The molecule has 0 spiro atoms. The number of carbonyl (C=O) groups excluding carboxylic acids is 2. The van der Waals surface area contributed by atoms with E-state index in [2.05, 4.69) is 20.8 Å². The van der Waals surface area contributed by atoms with Crippen molar-refractivity contribution in [1.82, 2.24) is 10.4 Å². The molecular weight excluding hydrogens is 411 g/mol. The topological polar surface area (TPSA) is 83.5 Å². The number of carbonyl (C=O) groups is 2. The molecule has 136 valence electrons. The fourth-order valence-electron chi connectivity index (χ4n) is 2.19. The monoisotopic (exact) mass is 420 g/mol. The quantitative estimate of drug-likeness (QED) is 0.286. The van der Waals surface area contributed by atoms with E-state index in [4.69, 9.17) is 34.8 Å². The summed E-state index contributed by atoms with van der Waals surface area (Å²) in [6.07, 6.45) is 1.30. The Labute approximate surface area is 169 Å². The van der Waals surface area contributed by atoms with Gasteiger partial charge in [-0.1, -0.05) is 59.1 Å². The van der Waals surface area contributed by atoms with Crippen molar-refractivity contribution in [2.75, 3.05) is 5.32 Å². The fourth-order valence-corrected chi connectivity index (χ4v) is 2.73. The molecule has 0 aliphatic carbocycles. The molecule has 0 bridgehead atoms. The third-order valence-corrected chi connectivity index (χ3v) is 4.60. The van der Waals surface area contributed by atoms with E-state index in [0.29, 0.717) is 5.56 Å². The van der Waals surface area contributed by atoms with Crippen LogP contribution in [-0.2, 0) is 9.59 Å². The molecule has 0 fully saturated rings. The molecule has 27 heavy (non-hydrogen) atoms. The zero-order chi connectivity index (χ0) is 19.4. The van der Waals surface area contributed by atoms with Crippen molar-refractivity contribution in [2.45, 2.75) is 0 Å². The van der Waals surface area contributed by atoms with E-state index < -0.39 is 11.8 Å². The molecule has 9 heteroatoms. The van der Waals surface area contributed by atoms with Crippen molar-refractivity contribution >= 4 is 69.4 Å². The lowest BCUT2D eigenvalue weighted by Crippen LogP contribution is -2.32. The van der Waals surface area contributed by atoms with Gasteiger partial charge in [0.15, 0.2) is 0 Å². The Hall–Kier alpha value is -2.67. The fraction of sp³-hybridized carbons (Fsp3) is 0. The summed E-state index contributed by atoms with van der Waals surface area (Å²) in [4.78, 5) is 28.0. The van der Waals surface area contributed by atoms with E-state index >= 15 is 0 Å². The molecule has 0 radical (unpaired) electrons. The number of nitrogens with one attached hydrogen (secondary N) is 2. The van der Waals surface area contributed by atoms with E-state index in [1.807, 2.05) is 24.3 Å². The van der Waals surface area contributed by atoms with E-state index in [1.165, 1.54) is 12.3 Å². The van der Waals surface area contributed by atoms with Crippen LogP contribution in [0.1, 0.15) is 5.56 Å². The van der Waals surface area contributed by atoms with E-state index in [1.54, 1.807) is 18.2 Å². The van der Waals surface area contributed by atoms with Gasteiger partial charge in [0.1, 0.15) is 5.15 Å². The number of nitrogens with zero attached hydrogens (tertiary/aromatic N) is 2. The first kappa shape index (κ1) is 19.1. The van der Waals surface area contributed by atoms with Crippen LogP contribution in [0.25, 0.3) is 10.9 Å². The number of benzene rings is 2. The zero-order valence-corrected chi connectivity index (χ0v) is 15.8. The van der Waals surface area contributed by atoms with Gasteiger partial charge in [-0.3, -0.25) is 9.59 Å². The van der Waals surface area contributed by atoms with Crippen molar-refractivity contribution in [1.29, 1.82) is 0 Å². The maximum Gasteiger partial charge on any atom is 0.329 e. The van der Waals surface area contributed by atoms with Gasteiger partial charge in [-0.05, 0) is 24.3 Å². The number of fused-ring (bicyclic) bond motifs is 1. The Balaban J connectivity index is 1.67. The summed E-state index contributed by atoms with van der Waals surface area (Å²) < 4.78 is 0. The second-order valence-corrected chi connectivity index (χ2v) is 6.46. The van der Waals surface area contributed by atoms with Crippen LogP contribution in [0.15, 0.2) is 53.6 Å². The van der Waals surface area contributed by atoms with E-state index in [-0.39, 0.29) is 20.9 Å². The van der Waals surface area contributed by atoms with Gasteiger partial charge in [-0.2, -0.15) is 5.10 Å². The first-order valence-electron chi connectivity index (χ1n) is 7.59. The molecule has 3 aromatic rings. The summed E-state index contributed by atoms with van der Waals surface area (Å²) in [7, 11) is 0. The Kier molecular flexibility index (Phi) is 5.91. The molecule has 0 aliphatic rings. The smallest absolute Gasteiger partial charge is 0.316 e. The highest BCUT2D eigenvalue weighted by molar-refractivity contribution is 6.45. The molecule has 0 saturated carbocycles. The molecule has 1 heterocycles. The number of anilines is 1. The Morgan fingerprint density at radius 3 is 2.59 bits per heavy atom. The lowest BCUT2D eigenvalue weighted by Gasteiger charge is -2.07. The number of halogens is 3. The summed E-state index contributed by atoms with van der Waals surface area (Å²) in [5.74, 6) is -1.92. The number of hydrazone groups is 1. The van der Waals surface area contributed by atoms with Crippen molar-refractivity contribution in [3.05, 3.63) is 69.3 Å². The Morgan fingerprint density at radius 1 is 1.00 bits per heavy atom. The highest BCUT2D eigenvalue weighted by atomic mass is 35.5. The first-order chi connectivity index (χ1) is 13.0. The van der Waals surface area contributed by atoms with Gasteiger partial charge < -0.3 is 5.32 Å². The van der Waals surface area contributed by atoms with Crippen LogP contribution in [0.4, 0.5) is 5.69 Å². The number of hydrogen-bond donors (Lipinski definition) is 2. The molecule has 1 aromatic heterocycles. The summed E-state index contributed by atoms with van der Waals surface area (Å²) in [5.41, 5.74) is 3.57. The predicted molar refractivity (Wildman–Crippen MR) is 108 cm³/mol. The zero-order valence-electron chi connectivity index (χ0n) is 13.5.